The highest BCUT2D eigenvalue weighted by molar-refractivity contribution is 8.06. The van der Waals surface area contributed by atoms with Gasteiger partial charge in [0, 0.05) is 28.0 Å². The van der Waals surface area contributed by atoms with Crippen LogP contribution in [-0.2, 0) is 0 Å². The molecule has 1 aliphatic heterocycles. The number of nitrogen functional groups attached to an aromatic ring is 1. The molecule has 4 nitrogen and oxygen atoms in total. The van der Waals surface area contributed by atoms with E-state index in [1.54, 1.807) is 0 Å². The number of nitrogens with zero attached hydrogens (tertiary/aromatic N) is 2. The van der Waals surface area contributed by atoms with Crippen molar-refractivity contribution in [2.45, 2.75) is 23.8 Å². The third-order valence-electron chi connectivity index (χ3n) is 3.28. The first-order valence-corrected chi connectivity index (χ1v) is 8.80. The number of hydrogen-bond donors (Lipinski definition) is 1. The van der Waals surface area contributed by atoms with Gasteiger partial charge in [-0.25, -0.2) is 0 Å². The maximum Gasteiger partial charge on any atom is 0.258 e. The molecule has 0 spiro atoms. The fourth-order valence-corrected chi connectivity index (χ4v) is 5.26. The molecule has 2 unspecified atom stereocenters. The van der Waals surface area contributed by atoms with Crippen molar-refractivity contribution in [3.8, 4) is 11.5 Å². The van der Waals surface area contributed by atoms with Gasteiger partial charge in [0.25, 0.3) is 5.89 Å². The molecule has 1 fully saturated rings. The molecule has 3 rings (SSSR count). The van der Waals surface area contributed by atoms with Crippen LogP contribution < -0.4 is 5.73 Å². The van der Waals surface area contributed by atoms with E-state index in [1.807, 2.05) is 47.8 Å². The number of rotatable bonds is 3. The Kier molecular flexibility index (Phi) is 4.21. The van der Waals surface area contributed by atoms with Crippen molar-refractivity contribution < 1.29 is 4.52 Å². The van der Waals surface area contributed by atoms with Gasteiger partial charge in [0.15, 0.2) is 5.82 Å². The van der Waals surface area contributed by atoms with Crippen LogP contribution in [0.15, 0.2) is 28.8 Å². The molecule has 1 aliphatic rings. The minimum absolute atomic E-state index is 0.331. The van der Waals surface area contributed by atoms with Crippen LogP contribution in [0.25, 0.3) is 11.5 Å². The molecule has 20 heavy (non-hydrogen) atoms. The molecule has 2 N–H and O–H groups in total. The summed E-state index contributed by atoms with van der Waals surface area (Å²) in [7, 11) is 0. The molecule has 106 valence electrons. The van der Waals surface area contributed by atoms with Gasteiger partial charge in [-0.05, 0) is 24.6 Å². The van der Waals surface area contributed by atoms with Gasteiger partial charge in [0.05, 0.1) is 5.25 Å². The third-order valence-corrected chi connectivity index (χ3v) is 6.52. The Labute approximate surface area is 126 Å². The molecule has 2 aromatic rings. The zero-order valence-corrected chi connectivity index (χ0v) is 12.9. The Hall–Kier alpha value is -1.14. The van der Waals surface area contributed by atoms with Crippen LogP contribution >= 0.6 is 23.5 Å². The van der Waals surface area contributed by atoms with Gasteiger partial charge in [-0.1, -0.05) is 18.1 Å². The molecule has 1 saturated heterocycles. The molecule has 0 amide bonds. The van der Waals surface area contributed by atoms with E-state index in [0.717, 1.165) is 23.6 Å². The molecule has 0 bridgehead atoms. The number of anilines is 1. The average Bonchev–Trinajstić information content (AvgIpc) is 2.97. The number of thioether (sulfide) groups is 2. The molecule has 0 aliphatic carbocycles. The zero-order chi connectivity index (χ0) is 13.9. The average molecular weight is 307 g/mol. The lowest BCUT2D eigenvalue weighted by atomic mass is 10.2. The smallest absolute Gasteiger partial charge is 0.258 e. The van der Waals surface area contributed by atoms with Crippen molar-refractivity contribution >= 4 is 29.2 Å². The first-order chi connectivity index (χ1) is 9.78. The van der Waals surface area contributed by atoms with Crippen LogP contribution in [0.2, 0.25) is 0 Å². The number of hydrogen-bond acceptors (Lipinski definition) is 6. The van der Waals surface area contributed by atoms with Gasteiger partial charge in [-0.3, -0.25) is 0 Å². The third kappa shape index (κ3) is 2.81. The van der Waals surface area contributed by atoms with Gasteiger partial charge in [-0.15, -0.1) is 11.8 Å². The molecule has 0 radical (unpaired) electrons. The first kappa shape index (κ1) is 13.8. The number of benzene rings is 1. The summed E-state index contributed by atoms with van der Waals surface area (Å²) in [4.78, 5) is 4.58. The summed E-state index contributed by atoms with van der Waals surface area (Å²) in [6.07, 6.45) is 1.13. The topological polar surface area (TPSA) is 64.9 Å². The summed E-state index contributed by atoms with van der Waals surface area (Å²) in [5, 5.41) is 5.08. The maximum absolute atomic E-state index is 5.79. The van der Waals surface area contributed by atoms with Crippen molar-refractivity contribution in [1.82, 2.24) is 10.1 Å². The molecular weight excluding hydrogens is 290 g/mol. The summed E-state index contributed by atoms with van der Waals surface area (Å²) in [5.41, 5.74) is 7.38. The molecular formula is C14H17N3OS2. The van der Waals surface area contributed by atoms with Gasteiger partial charge >= 0.3 is 0 Å². The van der Waals surface area contributed by atoms with E-state index in [4.69, 9.17) is 10.3 Å². The standard InChI is InChI=1S/C14H17N3OS2/c1-2-11-12(20-7-6-19-11)13-16-14(18-17-13)9-4-3-5-10(15)8-9/h3-5,8,11-12H,2,6-7,15H2,1H3. The van der Waals surface area contributed by atoms with E-state index in [-0.39, 0.29) is 0 Å². The highest BCUT2D eigenvalue weighted by Crippen LogP contribution is 2.43. The lowest BCUT2D eigenvalue weighted by Gasteiger charge is -2.27. The predicted octanol–water partition coefficient (Wildman–Crippen LogP) is 3.62. The van der Waals surface area contributed by atoms with Crippen molar-refractivity contribution in [3.05, 3.63) is 30.1 Å². The molecule has 2 heterocycles. The Morgan fingerprint density at radius 1 is 1.35 bits per heavy atom. The van der Waals surface area contributed by atoms with Crippen molar-refractivity contribution in [2.24, 2.45) is 0 Å². The first-order valence-electron chi connectivity index (χ1n) is 6.70. The number of nitrogens with two attached hydrogens (primary N) is 1. The van der Waals surface area contributed by atoms with Crippen LogP contribution in [0.1, 0.15) is 24.4 Å². The van der Waals surface area contributed by atoms with Gasteiger partial charge in [0.2, 0.25) is 0 Å². The predicted molar refractivity (Wildman–Crippen MR) is 85.9 cm³/mol. The van der Waals surface area contributed by atoms with E-state index in [0.29, 0.717) is 22.1 Å². The summed E-state index contributed by atoms with van der Waals surface area (Å²) >= 11 is 3.94. The summed E-state index contributed by atoms with van der Waals surface area (Å²) in [5.74, 6) is 3.72. The largest absolute Gasteiger partial charge is 0.399 e. The van der Waals surface area contributed by atoms with E-state index >= 15 is 0 Å². The van der Waals surface area contributed by atoms with Gasteiger partial charge in [0.1, 0.15) is 0 Å². The second-order valence-corrected chi connectivity index (χ2v) is 7.29. The highest BCUT2D eigenvalue weighted by atomic mass is 32.2. The quantitative estimate of drug-likeness (QED) is 0.874. The Morgan fingerprint density at radius 2 is 2.20 bits per heavy atom. The normalized spacial score (nSPS) is 22.9. The second-order valence-electron chi connectivity index (χ2n) is 4.69. The molecule has 0 saturated carbocycles. The molecule has 6 heteroatoms. The Balaban J connectivity index is 1.86. The van der Waals surface area contributed by atoms with Crippen molar-refractivity contribution in [1.29, 1.82) is 0 Å². The van der Waals surface area contributed by atoms with E-state index < -0.39 is 0 Å². The summed E-state index contributed by atoms with van der Waals surface area (Å²) < 4.78 is 5.41. The monoisotopic (exact) mass is 307 g/mol. The fourth-order valence-electron chi connectivity index (χ4n) is 2.28. The van der Waals surface area contributed by atoms with E-state index in [1.165, 1.54) is 5.75 Å². The number of aromatic nitrogens is 2. The van der Waals surface area contributed by atoms with Crippen LogP contribution in [0.4, 0.5) is 5.69 Å². The minimum atomic E-state index is 0.331. The summed E-state index contributed by atoms with van der Waals surface area (Å²) in [6.45, 7) is 2.22. The van der Waals surface area contributed by atoms with Crippen molar-refractivity contribution in [3.63, 3.8) is 0 Å². The van der Waals surface area contributed by atoms with Crippen LogP contribution in [0.5, 0.6) is 0 Å². The molecule has 1 aromatic heterocycles. The van der Waals surface area contributed by atoms with Crippen LogP contribution in [0.3, 0.4) is 0 Å². The van der Waals surface area contributed by atoms with E-state index in [9.17, 15) is 0 Å². The van der Waals surface area contributed by atoms with Crippen molar-refractivity contribution in [2.75, 3.05) is 17.2 Å². The Bertz CT molecular complexity index is 587. The maximum atomic E-state index is 5.79. The lowest BCUT2D eigenvalue weighted by molar-refractivity contribution is 0.421. The lowest BCUT2D eigenvalue weighted by Crippen LogP contribution is -2.19. The van der Waals surface area contributed by atoms with Gasteiger partial charge < -0.3 is 10.3 Å². The molecule has 1 aromatic carbocycles. The van der Waals surface area contributed by atoms with Crippen LogP contribution in [0, 0.1) is 0 Å². The molecule has 2 atom stereocenters. The minimum Gasteiger partial charge on any atom is -0.399 e. The van der Waals surface area contributed by atoms with Crippen LogP contribution in [-0.4, -0.2) is 26.9 Å². The fraction of sp³-hybridized carbons (Fsp3) is 0.429. The Morgan fingerprint density at radius 3 is 3.00 bits per heavy atom. The SMILES string of the molecule is CCC1SCCSC1c1noc(-c2cccc(N)c2)n1. The van der Waals surface area contributed by atoms with E-state index in [2.05, 4.69) is 17.1 Å². The second kappa shape index (κ2) is 6.10. The zero-order valence-electron chi connectivity index (χ0n) is 11.3. The van der Waals surface area contributed by atoms with Gasteiger partial charge in [-0.2, -0.15) is 16.7 Å². The summed E-state index contributed by atoms with van der Waals surface area (Å²) in [6, 6.07) is 7.54. The highest BCUT2D eigenvalue weighted by Gasteiger charge is 2.30.